The van der Waals surface area contributed by atoms with Crippen LogP contribution in [0.3, 0.4) is 0 Å². The predicted octanol–water partition coefficient (Wildman–Crippen LogP) is 2.25. The molecule has 0 bridgehead atoms. The van der Waals surface area contributed by atoms with Crippen molar-refractivity contribution < 1.29 is 4.79 Å². The Morgan fingerprint density at radius 2 is 2.05 bits per heavy atom. The second kappa shape index (κ2) is 7.26. The number of carbonyl (C=O) groups is 1. The normalized spacial score (nSPS) is 12.1. The number of thioether (sulfide) groups is 1. The van der Waals surface area contributed by atoms with Crippen LogP contribution < -0.4 is 5.32 Å². The van der Waals surface area contributed by atoms with Crippen molar-refractivity contribution in [3.8, 4) is 0 Å². The lowest BCUT2D eigenvalue weighted by Gasteiger charge is -2.12. The highest BCUT2D eigenvalue weighted by Crippen LogP contribution is 2.23. The first-order valence-electron chi connectivity index (χ1n) is 7.00. The fourth-order valence-electron chi connectivity index (χ4n) is 1.93. The fraction of sp³-hybridized carbons (Fsp3) is 0.400. The maximum absolute atomic E-state index is 11.8. The Hall–Kier alpha value is -1.82. The summed E-state index contributed by atoms with van der Waals surface area (Å²) in [5, 5.41) is 11.7. The Morgan fingerprint density at radius 1 is 1.33 bits per heavy atom. The van der Waals surface area contributed by atoms with E-state index in [1.54, 1.807) is 0 Å². The van der Waals surface area contributed by atoms with Gasteiger partial charge >= 0.3 is 0 Å². The molecule has 0 spiro atoms. The van der Waals surface area contributed by atoms with E-state index < -0.39 is 0 Å². The van der Waals surface area contributed by atoms with Crippen molar-refractivity contribution >= 4 is 17.7 Å². The van der Waals surface area contributed by atoms with Crippen LogP contribution in [0.1, 0.15) is 25.2 Å². The van der Waals surface area contributed by atoms with E-state index >= 15 is 0 Å². The van der Waals surface area contributed by atoms with Gasteiger partial charge < -0.3 is 9.88 Å². The predicted molar refractivity (Wildman–Crippen MR) is 84.3 cm³/mol. The summed E-state index contributed by atoms with van der Waals surface area (Å²) in [6, 6.07) is 10.2. The second-order valence-corrected chi connectivity index (χ2v) is 6.06. The van der Waals surface area contributed by atoms with Gasteiger partial charge in [-0.25, -0.2) is 0 Å². The van der Waals surface area contributed by atoms with Crippen molar-refractivity contribution in [1.82, 2.24) is 20.1 Å². The molecule has 1 N–H and O–H groups in total. The molecule has 0 aliphatic rings. The highest BCUT2D eigenvalue weighted by molar-refractivity contribution is 8.00. The minimum Gasteiger partial charge on any atom is -0.355 e. The van der Waals surface area contributed by atoms with E-state index in [1.165, 1.54) is 17.3 Å². The summed E-state index contributed by atoms with van der Waals surface area (Å²) < 4.78 is 2.04. The molecule has 5 nitrogen and oxygen atoms in total. The molecule has 0 saturated carbocycles. The Bertz CT molecular complexity index is 597. The largest absolute Gasteiger partial charge is 0.355 e. The van der Waals surface area contributed by atoms with Crippen LogP contribution in [0.15, 0.2) is 35.5 Å². The van der Waals surface area contributed by atoms with Crippen molar-refractivity contribution in [2.75, 3.05) is 6.54 Å². The van der Waals surface area contributed by atoms with Crippen molar-refractivity contribution in [3.63, 3.8) is 0 Å². The Balaban J connectivity index is 2.13. The number of nitrogens with one attached hydrogen (secondary N) is 1. The van der Waals surface area contributed by atoms with E-state index in [-0.39, 0.29) is 11.2 Å². The van der Waals surface area contributed by atoms with Crippen molar-refractivity contribution in [1.29, 1.82) is 0 Å². The van der Waals surface area contributed by atoms with Crippen molar-refractivity contribution in [2.45, 2.75) is 37.7 Å². The number of carbonyl (C=O) groups excluding carboxylic acids is 1. The van der Waals surface area contributed by atoms with Gasteiger partial charge in [0.2, 0.25) is 5.91 Å². The van der Waals surface area contributed by atoms with E-state index in [0.717, 1.165) is 11.0 Å². The maximum atomic E-state index is 11.8. The van der Waals surface area contributed by atoms with E-state index in [2.05, 4.69) is 27.6 Å². The monoisotopic (exact) mass is 304 g/mol. The molecule has 1 atom stereocenters. The number of hydrogen-bond donors (Lipinski definition) is 1. The van der Waals surface area contributed by atoms with Gasteiger partial charge in [-0.1, -0.05) is 42.1 Å². The van der Waals surface area contributed by atoms with Gasteiger partial charge in [0.05, 0.1) is 11.8 Å². The highest BCUT2D eigenvalue weighted by Gasteiger charge is 2.18. The topological polar surface area (TPSA) is 59.8 Å². The molecule has 21 heavy (non-hydrogen) atoms. The lowest BCUT2D eigenvalue weighted by molar-refractivity contribution is -0.120. The third-order valence-corrected chi connectivity index (χ3v) is 4.17. The third-order valence-electron chi connectivity index (χ3n) is 3.09. The van der Waals surface area contributed by atoms with Gasteiger partial charge in [0, 0.05) is 6.54 Å². The molecule has 1 amide bonds. The van der Waals surface area contributed by atoms with E-state index in [4.69, 9.17) is 0 Å². The van der Waals surface area contributed by atoms with Crippen LogP contribution in [-0.4, -0.2) is 32.5 Å². The first-order chi connectivity index (χ1) is 10.1. The lowest BCUT2D eigenvalue weighted by Crippen LogP contribution is -2.30. The molecular formula is C15H20N4OS. The van der Waals surface area contributed by atoms with E-state index in [1.807, 2.05) is 43.5 Å². The smallest absolute Gasteiger partial charge is 0.233 e. The molecule has 0 radical (unpaired) electrons. The van der Waals surface area contributed by atoms with Crippen LogP contribution in [0.4, 0.5) is 0 Å². The highest BCUT2D eigenvalue weighted by atomic mass is 32.2. The molecule has 112 valence electrons. The third kappa shape index (κ3) is 4.07. The molecule has 6 heteroatoms. The van der Waals surface area contributed by atoms with Gasteiger partial charge in [-0.2, -0.15) is 0 Å². The molecule has 0 aliphatic carbocycles. The molecule has 0 aliphatic heterocycles. The number of aryl methyl sites for hydroxylation is 1. The Morgan fingerprint density at radius 3 is 2.71 bits per heavy atom. The van der Waals surface area contributed by atoms with Gasteiger partial charge in [-0.05, 0) is 26.3 Å². The number of nitrogens with zero attached hydrogens (tertiary/aromatic N) is 3. The van der Waals surface area contributed by atoms with Crippen molar-refractivity contribution in [3.05, 3.63) is 41.7 Å². The fourth-order valence-corrected chi connectivity index (χ4v) is 2.84. The van der Waals surface area contributed by atoms with Gasteiger partial charge in [0.1, 0.15) is 5.82 Å². The summed E-state index contributed by atoms with van der Waals surface area (Å²) in [6.07, 6.45) is 0. The molecule has 1 aromatic carbocycles. The van der Waals surface area contributed by atoms with Crippen LogP contribution in [-0.2, 0) is 11.3 Å². The minimum atomic E-state index is -0.192. The molecule has 0 unspecified atom stereocenters. The second-order valence-electron chi connectivity index (χ2n) is 4.76. The molecule has 2 rings (SSSR count). The number of rotatable bonds is 6. The summed E-state index contributed by atoms with van der Waals surface area (Å²) >= 11 is 1.44. The zero-order valence-electron chi connectivity index (χ0n) is 12.5. The molecule has 1 heterocycles. The molecule has 1 aromatic heterocycles. The number of benzene rings is 1. The minimum absolute atomic E-state index is 0.0226. The summed E-state index contributed by atoms with van der Waals surface area (Å²) in [7, 11) is 0. The van der Waals surface area contributed by atoms with Gasteiger partial charge in [0.15, 0.2) is 5.16 Å². The lowest BCUT2D eigenvalue weighted by atomic mass is 10.2. The number of aromatic nitrogens is 3. The first kappa shape index (κ1) is 15.6. The average molecular weight is 304 g/mol. The zero-order valence-corrected chi connectivity index (χ0v) is 13.4. The van der Waals surface area contributed by atoms with Gasteiger partial charge in [-0.15, -0.1) is 10.2 Å². The number of hydrogen-bond acceptors (Lipinski definition) is 4. The molecular weight excluding hydrogens is 284 g/mol. The van der Waals surface area contributed by atoms with Crippen LogP contribution in [0, 0.1) is 6.92 Å². The van der Waals surface area contributed by atoms with Gasteiger partial charge in [-0.3, -0.25) is 4.79 Å². The van der Waals surface area contributed by atoms with Crippen LogP contribution in [0.2, 0.25) is 0 Å². The Labute approximate surface area is 129 Å². The first-order valence-corrected chi connectivity index (χ1v) is 7.88. The zero-order chi connectivity index (χ0) is 15.2. The summed E-state index contributed by atoms with van der Waals surface area (Å²) in [4.78, 5) is 11.8. The quantitative estimate of drug-likeness (QED) is 0.832. The van der Waals surface area contributed by atoms with Crippen molar-refractivity contribution in [2.24, 2.45) is 0 Å². The summed E-state index contributed by atoms with van der Waals surface area (Å²) in [5.74, 6) is 0.874. The summed E-state index contributed by atoms with van der Waals surface area (Å²) in [5.41, 5.74) is 1.19. The Kier molecular flexibility index (Phi) is 5.38. The summed E-state index contributed by atoms with van der Waals surface area (Å²) in [6.45, 7) is 7.07. The molecule has 2 aromatic rings. The maximum Gasteiger partial charge on any atom is 0.233 e. The molecule has 0 saturated heterocycles. The van der Waals surface area contributed by atoms with E-state index in [9.17, 15) is 4.79 Å². The average Bonchev–Trinajstić information content (AvgIpc) is 2.81. The number of amides is 1. The van der Waals surface area contributed by atoms with Crippen LogP contribution >= 0.6 is 11.8 Å². The standard InChI is InChI=1S/C15H20N4OS/c1-4-16-14(20)11(2)21-15-18-17-12(3)19(15)10-13-8-6-5-7-9-13/h5-9,11H,4,10H2,1-3H3,(H,16,20)/t11-/m1/s1. The van der Waals surface area contributed by atoms with Gasteiger partial charge in [0.25, 0.3) is 0 Å². The van der Waals surface area contributed by atoms with E-state index in [0.29, 0.717) is 13.1 Å². The van der Waals surface area contributed by atoms with Crippen LogP contribution in [0.25, 0.3) is 0 Å². The molecule has 0 fully saturated rings. The van der Waals surface area contributed by atoms with Crippen LogP contribution in [0.5, 0.6) is 0 Å². The SMILES string of the molecule is CCNC(=O)[C@@H](C)Sc1nnc(C)n1Cc1ccccc1.